The van der Waals surface area contributed by atoms with E-state index in [-0.39, 0.29) is 11.3 Å². The average Bonchev–Trinajstić information content (AvgIpc) is 2.65. The van der Waals surface area contributed by atoms with Crippen molar-refractivity contribution in [1.29, 1.82) is 0 Å². The van der Waals surface area contributed by atoms with Crippen molar-refractivity contribution in [3.8, 4) is 11.1 Å². The highest BCUT2D eigenvalue weighted by Gasteiger charge is 2.13. The van der Waals surface area contributed by atoms with Crippen LogP contribution in [0, 0.1) is 5.82 Å². The number of carbonyl (C=O) groups is 1. The molecule has 2 aromatic carbocycles. The fourth-order valence-electron chi connectivity index (χ4n) is 2.13. The molecule has 3 rings (SSSR count). The fourth-order valence-corrected chi connectivity index (χ4v) is 2.42. The molecule has 0 aliphatic heterocycles. The quantitative estimate of drug-likeness (QED) is 0.596. The summed E-state index contributed by atoms with van der Waals surface area (Å²) in [5.74, 6) is -1.50. The van der Waals surface area contributed by atoms with E-state index >= 15 is 0 Å². The summed E-state index contributed by atoms with van der Waals surface area (Å²) in [5.41, 5.74) is 7.11. The topological polar surface area (TPSA) is 89.1 Å². The number of alkyl halides is 1. The Bertz CT molecular complexity index is 1030. The molecule has 0 spiro atoms. The van der Waals surface area contributed by atoms with Gasteiger partial charge >= 0.3 is 5.97 Å². The molecule has 0 radical (unpaired) electrons. The molecule has 0 atom stereocenters. The summed E-state index contributed by atoms with van der Waals surface area (Å²) in [5, 5.41) is 9.17. The van der Waals surface area contributed by atoms with Gasteiger partial charge in [-0.1, -0.05) is 41.9 Å². The van der Waals surface area contributed by atoms with Crippen LogP contribution >= 0.6 is 23.2 Å². The van der Waals surface area contributed by atoms with Crippen LogP contribution < -0.4 is 5.73 Å². The zero-order valence-corrected chi connectivity index (χ0v) is 15.2. The van der Waals surface area contributed by atoms with Crippen molar-refractivity contribution in [1.82, 2.24) is 9.97 Å². The normalized spacial score (nSPS) is 10.2. The molecular formula is C18H13Cl2F2N3O2. The Kier molecular flexibility index (Phi) is 6.65. The number of fused-ring (bicyclic) bond motifs is 1. The number of nitrogens with two attached hydrogens (primary N) is 1. The van der Waals surface area contributed by atoms with E-state index in [1.165, 1.54) is 12.4 Å². The van der Waals surface area contributed by atoms with Crippen molar-refractivity contribution < 1.29 is 18.7 Å². The van der Waals surface area contributed by atoms with E-state index in [9.17, 15) is 13.6 Å². The van der Waals surface area contributed by atoms with Crippen molar-refractivity contribution in [2.45, 2.75) is 0 Å². The molecule has 1 heterocycles. The highest BCUT2D eigenvalue weighted by atomic mass is 35.5. The van der Waals surface area contributed by atoms with E-state index in [1.807, 2.05) is 0 Å². The van der Waals surface area contributed by atoms with Gasteiger partial charge in [0.05, 0.1) is 21.0 Å². The van der Waals surface area contributed by atoms with Crippen LogP contribution in [0.25, 0.3) is 22.0 Å². The second kappa shape index (κ2) is 8.75. The number of nitrogen functional groups attached to an aromatic ring is 1. The van der Waals surface area contributed by atoms with E-state index in [2.05, 4.69) is 16.5 Å². The Hall–Kier alpha value is -2.77. The number of aliphatic carboxylic acids is 1. The molecule has 0 saturated carbocycles. The number of rotatable bonds is 3. The van der Waals surface area contributed by atoms with Crippen molar-refractivity contribution in [2.75, 3.05) is 12.4 Å². The van der Waals surface area contributed by atoms with E-state index in [0.717, 1.165) is 5.56 Å². The number of benzene rings is 2. The molecule has 0 saturated heterocycles. The zero-order chi connectivity index (χ0) is 20.1. The average molecular weight is 412 g/mol. The van der Waals surface area contributed by atoms with Gasteiger partial charge in [0.15, 0.2) is 0 Å². The summed E-state index contributed by atoms with van der Waals surface area (Å²) in [4.78, 5) is 17.4. The van der Waals surface area contributed by atoms with Crippen LogP contribution in [-0.4, -0.2) is 27.7 Å². The summed E-state index contributed by atoms with van der Waals surface area (Å²) in [6.07, 6.45) is 1.24. The molecule has 0 amide bonds. The monoisotopic (exact) mass is 411 g/mol. The first kappa shape index (κ1) is 20.5. The van der Waals surface area contributed by atoms with Crippen LogP contribution in [0.1, 0.15) is 0 Å². The Morgan fingerprint density at radius 1 is 1.19 bits per heavy atom. The van der Waals surface area contributed by atoms with Crippen LogP contribution in [0.3, 0.4) is 0 Å². The van der Waals surface area contributed by atoms with Gasteiger partial charge in [-0.05, 0) is 29.3 Å². The predicted octanol–water partition coefficient (Wildman–Crippen LogP) is 4.92. The van der Waals surface area contributed by atoms with Gasteiger partial charge in [0.2, 0.25) is 0 Å². The highest BCUT2D eigenvalue weighted by Crippen LogP contribution is 2.34. The first-order chi connectivity index (χ1) is 12.8. The molecule has 0 unspecified atom stereocenters. The van der Waals surface area contributed by atoms with Crippen molar-refractivity contribution in [3.63, 3.8) is 0 Å². The molecule has 0 fully saturated rings. The summed E-state index contributed by atoms with van der Waals surface area (Å²) < 4.78 is 25.0. The highest BCUT2D eigenvalue weighted by molar-refractivity contribution is 6.42. The van der Waals surface area contributed by atoms with Crippen LogP contribution in [0.2, 0.25) is 10.0 Å². The van der Waals surface area contributed by atoms with Crippen LogP contribution in [0.4, 0.5) is 14.6 Å². The van der Waals surface area contributed by atoms with E-state index < -0.39 is 24.0 Å². The lowest BCUT2D eigenvalue weighted by Gasteiger charge is -2.09. The Morgan fingerprint density at radius 3 is 2.44 bits per heavy atom. The third kappa shape index (κ3) is 4.69. The molecule has 140 valence electrons. The number of carboxylic acids is 1. The van der Waals surface area contributed by atoms with Crippen LogP contribution in [-0.2, 0) is 4.79 Å². The lowest BCUT2D eigenvalue weighted by molar-refractivity contribution is -0.132. The smallest absolute Gasteiger partial charge is 0.333 e. The van der Waals surface area contributed by atoms with Gasteiger partial charge < -0.3 is 10.8 Å². The number of carboxylic acid groups (broad SMARTS) is 1. The van der Waals surface area contributed by atoms with Gasteiger partial charge in [-0.3, -0.25) is 0 Å². The first-order valence-corrected chi connectivity index (χ1v) is 8.13. The maximum atomic E-state index is 13.8. The molecule has 1 aromatic heterocycles. The summed E-state index contributed by atoms with van der Waals surface area (Å²) in [6.45, 7) is 1.92. The van der Waals surface area contributed by atoms with Gasteiger partial charge in [0.1, 0.15) is 30.2 Å². The molecule has 3 N–H and O–H groups in total. The maximum absolute atomic E-state index is 13.8. The largest absolute Gasteiger partial charge is 0.478 e. The van der Waals surface area contributed by atoms with Crippen molar-refractivity contribution in [3.05, 3.63) is 64.7 Å². The molecule has 27 heavy (non-hydrogen) atoms. The number of nitrogens with zero attached hydrogens (tertiary/aromatic N) is 2. The first-order valence-electron chi connectivity index (χ1n) is 7.37. The maximum Gasteiger partial charge on any atom is 0.333 e. The second-order valence-corrected chi connectivity index (χ2v) is 6.06. The van der Waals surface area contributed by atoms with Crippen molar-refractivity contribution >= 4 is 45.9 Å². The van der Waals surface area contributed by atoms with Gasteiger partial charge in [-0.2, -0.15) is 0 Å². The van der Waals surface area contributed by atoms with Gasteiger partial charge in [0.25, 0.3) is 0 Å². The van der Waals surface area contributed by atoms with Gasteiger partial charge in [0, 0.05) is 0 Å². The molecule has 0 aliphatic rings. The Labute approximate surface area is 163 Å². The third-order valence-electron chi connectivity index (χ3n) is 3.46. The van der Waals surface area contributed by atoms with E-state index in [0.29, 0.717) is 21.0 Å². The van der Waals surface area contributed by atoms with Crippen molar-refractivity contribution in [2.24, 2.45) is 0 Å². The lowest BCUT2D eigenvalue weighted by Crippen LogP contribution is -1.99. The Balaban J connectivity index is 0.000000321. The Morgan fingerprint density at radius 2 is 1.89 bits per heavy atom. The fraction of sp³-hybridized carbons (Fsp3) is 0.0556. The summed E-state index contributed by atoms with van der Waals surface area (Å²) in [6, 6.07) is 8.12. The summed E-state index contributed by atoms with van der Waals surface area (Å²) in [7, 11) is 0. The SMILES string of the molecule is C=C(CF)C(=O)O.Nc1ncnc2c(F)ccc(-c3ccc(Cl)c(Cl)c3)c12. The van der Waals surface area contributed by atoms with E-state index in [4.69, 9.17) is 34.0 Å². The van der Waals surface area contributed by atoms with Gasteiger partial charge in [-0.15, -0.1) is 0 Å². The predicted molar refractivity (Wildman–Crippen MR) is 102 cm³/mol. The second-order valence-electron chi connectivity index (χ2n) is 5.25. The molecule has 0 aliphatic carbocycles. The zero-order valence-electron chi connectivity index (χ0n) is 13.7. The number of halogens is 4. The number of aromatic nitrogens is 2. The standard InChI is InChI=1S/C14H8Cl2FN3.C4H5FO2/c15-9-3-1-7(5-10(9)16)8-2-4-11(17)13-12(8)14(18)20-6-19-13;1-3(2-5)4(6)7/h1-6H,(H2,18,19,20);1-2H2,(H,6,7). The minimum atomic E-state index is -1.28. The minimum Gasteiger partial charge on any atom is -0.478 e. The lowest BCUT2D eigenvalue weighted by atomic mass is 10.0. The molecule has 9 heteroatoms. The molecule has 5 nitrogen and oxygen atoms in total. The number of hydrogen-bond donors (Lipinski definition) is 2. The molecule has 3 aromatic rings. The summed E-state index contributed by atoms with van der Waals surface area (Å²) >= 11 is 11.9. The minimum absolute atomic E-state index is 0.182. The number of hydrogen-bond acceptors (Lipinski definition) is 4. The number of anilines is 1. The van der Waals surface area contributed by atoms with Crippen LogP contribution in [0.5, 0.6) is 0 Å². The molecule has 0 bridgehead atoms. The van der Waals surface area contributed by atoms with Crippen LogP contribution in [0.15, 0.2) is 48.8 Å². The molecular weight excluding hydrogens is 399 g/mol. The third-order valence-corrected chi connectivity index (χ3v) is 4.20. The van der Waals surface area contributed by atoms with Gasteiger partial charge in [-0.25, -0.2) is 23.5 Å². The van der Waals surface area contributed by atoms with E-state index in [1.54, 1.807) is 24.3 Å².